The van der Waals surface area contributed by atoms with Gasteiger partial charge in [0, 0.05) is 11.6 Å². The second-order valence-electron chi connectivity index (χ2n) is 5.55. The van der Waals surface area contributed by atoms with Gasteiger partial charge in [0.25, 0.3) is 0 Å². The second-order valence-corrected chi connectivity index (χ2v) is 5.55. The summed E-state index contributed by atoms with van der Waals surface area (Å²) in [6, 6.07) is 4.66. The molecule has 1 aromatic rings. The van der Waals surface area contributed by atoms with Gasteiger partial charge in [-0.1, -0.05) is 32.3 Å². The Labute approximate surface area is 114 Å². The molecule has 1 nitrogen and oxygen atoms in total. The predicted octanol–water partition coefficient (Wildman–Crippen LogP) is 4.07. The van der Waals surface area contributed by atoms with Crippen LogP contribution in [0, 0.1) is 17.6 Å². The normalized spacial score (nSPS) is 24.2. The Bertz CT molecular complexity index is 385. The SMILES string of the molecule is CCNC1CCCCC(Cc2c(F)cccc2F)C1. The first-order valence-corrected chi connectivity index (χ1v) is 7.37. The third-order valence-electron chi connectivity index (χ3n) is 4.08. The lowest BCUT2D eigenvalue weighted by atomic mass is 9.90. The quantitative estimate of drug-likeness (QED) is 0.811. The van der Waals surface area contributed by atoms with Gasteiger partial charge in [0.1, 0.15) is 11.6 Å². The molecule has 3 heteroatoms. The molecule has 0 aromatic heterocycles. The van der Waals surface area contributed by atoms with E-state index in [1.54, 1.807) is 0 Å². The number of hydrogen-bond acceptors (Lipinski definition) is 1. The van der Waals surface area contributed by atoms with E-state index in [1.807, 2.05) is 0 Å². The summed E-state index contributed by atoms with van der Waals surface area (Å²) in [6.45, 7) is 3.07. The Morgan fingerprint density at radius 3 is 2.53 bits per heavy atom. The Balaban J connectivity index is 2.04. The Morgan fingerprint density at radius 2 is 1.84 bits per heavy atom. The molecule has 19 heavy (non-hydrogen) atoms. The van der Waals surface area contributed by atoms with Crippen molar-refractivity contribution < 1.29 is 8.78 Å². The van der Waals surface area contributed by atoms with E-state index in [0.717, 1.165) is 19.4 Å². The molecule has 1 aliphatic rings. The fourth-order valence-corrected chi connectivity index (χ4v) is 3.14. The van der Waals surface area contributed by atoms with Gasteiger partial charge in [-0.2, -0.15) is 0 Å². The van der Waals surface area contributed by atoms with Gasteiger partial charge >= 0.3 is 0 Å². The molecule has 106 valence electrons. The maximum Gasteiger partial charge on any atom is 0.129 e. The van der Waals surface area contributed by atoms with Crippen molar-refractivity contribution in [1.29, 1.82) is 0 Å². The largest absolute Gasteiger partial charge is 0.314 e. The van der Waals surface area contributed by atoms with Gasteiger partial charge in [0.15, 0.2) is 0 Å². The lowest BCUT2D eigenvalue weighted by Gasteiger charge is -2.21. The monoisotopic (exact) mass is 267 g/mol. The zero-order valence-corrected chi connectivity index (χ0v) is 11.6. The molecule has 1 aromatic carbocycles. The minimum atomic E-state index is -0.399. The van der Waals surface area contributed by atoms with Crippen LogP contribution < -0.4 is 5.32 Å². The van der Waals surface area contributed by atoms with Crippen molar-refractivity contribution in [2.75, 3.05) is 6.54 Å². The highest BCUT2D eigenvalue weighted by atomic mass is 19.1. The molecule has 0 saturated heterocycles. The summed E-state index contributed by atoms with van der Waals surface area (Å²) in [5, 5.41) is 3.48. The summed E-state index contributed by atoms with van der Waals surface area (Å²) in [5.41, 5.74) is 0.268. The van der Waals surface area contributed by atoms with Crippen LogP contribution in [0.1, 0.15) is 44.6 Å². The van der Waals surface area contributed by atoms with Crippen molar-refractivity contribution in [3.63, 3.8) is 0 Å². The number of halogens is 2. The summed E-state index contributed by atoms with van der Waals surface area (Å²) in [5.74, 6) is -0.411. The molecule has 0 amide bonds. The fraction of sp³-hybridized carbons (Fsp3) is 0.625. The Hall–Kier alpha value is -0.960. The zero-order valence-electron chi connectivity index (χ0n) is 11.6. The van der Waals surface area contributed by atoms with E-state index < -0.39 is 11.6 Å². The summed E-state index contributed by atoms with van der Waals surface area (Å²) in [6.07, 6.45) is 6.21. The molecule has 1 saturated carbocycles. The van der Waals surface area contributed by atoms with Gasteiger partial charge in [0.05, 0.1) is 0 Å². The second kappa shape index (κ2) is 6.99. The third kappa shape index (κ3) is 4.00. The van der Waals surface area contributed by atoms with Crippen LogP contribution in [-0.2, 0) is 6.42 Å². The summed E-state index contributed by atoms with van der Waals surface area (Å²) < 4.78 is 27.4. The van der Waals surface area contributed by atoms with Crippen LogP contribution in [0.5, 0.6) is 0 Å². The summed E-state index contributed by atoms with van der Waals surface area (Å²) >= 11 is 0. The Kier molecular flexibility index (Phi) is 5.32. The number of benzene rings is 1. The lowest BCUT2D eigenvalue weighted by molar-refractivity contribution is 0.380. The molecular formula is C16H23F2N. The molecule has 0 heterocycles. The van der Waals surface area contributed by atoms with Crippen LogP contribution in [-0.4, -0.2) is 12.6 Å². The molecule has 2 unspecified atom stereocenters. The van der Waals surface area contributed by atoms with E-state index in [1.165, 1.54) is 37.5 Å². The first kappa shape index (κ1) is 14.4. The smallest absolute Gasteiger partial charge is 0.129 e. The zero-order chi connectivity index (χ0) is 13.7. The summed E-state index contributed by atoms with van der Waals surface area (Å²) in [4.78, 5) is 0. The fourth-order valence-electron chi connectivity index (χ4n) is 3.14. The van der Waals surface area contributed by atoms with E-state index in [2.05, 4.69) is 12.2 Å². The average Bonchev–Trinajstić information content (AvgIpc) is 2.60. The van der Waals surface area contributed by atoms with Gasteiger partial charge in [-0.25, -0.2) is 8.78 Å². The van der Waals surface area contributed by atoms with Crippen molar-refractivity contribution in [2.45, 2.75) is 51.5 Å². The van der Waals surface area contributed by atoms with Gasteiger partial charge < -0.3 is 5.32 Å². The first-order valence-electron chi connectivity index (χ1n) is 7.37. The highest BCUT2D eigenvalue weighted by Gasteiger charge is 2.22. The van der Waals surface area contributed by atoms with Crippen molar-refractivity contribution in [2.24, 2.45) is 5.92 Å². The number of hydrogen-bond donors (Lipinski definition) is 1. The lowest BCUT2D eigenvalue weighted by Crippen LogP contribution is -2.30. The van der Waals surface area contributed by atoms with Crippen molar-refractivity contribution in [3.8, 4) is 0 Å². The number of nitrogens with one attached hydrogen (secondary N) is 1. The molecule has 0 aliphatic heterocycles. The van der Waals surface area contributed by atoms with E-state index in [-0.39, 0.29) is 5.56 Å². The summed E-state index contributed by atoms with van der Waals surface area (Å²) in [7, 11) is 0. The van der Waals surface area contributed by atoms with Crippen molar-refractivity contribution >= 4 is 0 Å². The van der Waals surface area contributed by atoms with Crippen LogP contribution >= 0.6 is 0 Å². The maximum absolute atomic E-state index is 13.7. The van der Waals surface area contributed by atoms with E-state index in [4.69, 9.17) is 0 Å². The van der Waals surface area contributed by atoms with E-state index in [0.29, 0.717) is 18.4 Å². The molecule has 1 fully saturated rings. The molecule has 2 atom stereocenters. The molecule has 0 spiro atoms. The Morgan fingerprint density at radius 1 is 1.16 bits per heavy atom. The maximum atomic E-state index is 13.7. The molecule has 2 rings (SSSR count). The van der Waals surface area contributed by atoms with Crippen molar-refractivity contribution in [3.05, 3.63) is 35.4 Å². The van der Waals surface area contributed by atoms with Gasteiger partial charge in [-0.15, -0.1) is 0 Å². The van der Waals surface area contributed by atoms with Crippen LogP contribution in [0.3, 0.4) is 0 Å². The molecule has 1 N–H and O–H groups in total. The first-order chi connectivity index (χ1) is 9.20. The van der Waals surface area contributed by atoms with Gasteiger partial charge in [0.2, 0.25) is 0 Å². The van der Waals surface area contributed by atoms with Crippen LogP contribution in [0.15, 0.2) is 18.2 Å². The minimum Gasteiger partial charge on any atom is -0.314 e. The predicted molar refractivity (Wildman–Crippen MR) is 74.1 cm³/mol. The molecule has 0 bridgehead atoms. The standard InChI is InChI=1S/C16H23F2N/c1-2-19-13-7-4-3-6-12(10-13)11-14-15(17)8-5-9-16(14)18/h5,8-9,12-13,19H,2-4,6-7,10-11H2,1H3. The van der Waals surface area contributed by atoms with Crippen LogP contribution in [0.25, 0.3) is 0 Å². The van der Waals surface area contributed by atoms with Crippen LogP contribution in [0.4, 0.5) is 8.78 Å². The molecular weight excluding hydrogens is 244 g/mol. The molecule has 0 radical (unpaired) electrons. The highest BCUT2D eigenvalue weighted by Crippen LogP contribution is 2.28. The van der Waals surface area contributed by atoms with Crippen molar-refractivity contribution in [1.82, 2.24) is 5.32 Å². The third-order valence-corrected chi connectivity index (χ3v) is 4.08. The number of rotatable bonds is 4. The average molecular weight is 267 g/mol. The van der Waals surface area contributed by atoms with Gasteiger partial charge in [-0.05, 0) is 43.9 Å². The molecule has 1 aliphatic carbocycles. The topological polar surface area (TPSA) is 12.0 Å². The van der Waals surface area contributed by atoms with E-state index >= 15 is 0 Å². The highest BCUT2D eigenvalue weighted by molar-refractivity contribution is 5.20. The minimum absolute atomic E-state index is 0.268. The van der Waals surface area contributed by atoms with Crippen LogP contribution in [0.2, 0.25) is 0 Å². The van der Waals surface area contributed by atoms with E-state index in [9.17, 15) is 8.78 Å². The van der Waals surface area contributed by atoms with Gasteiger partial charge in [-0.3, -0.25) is 0 Å².